The van der Waals surface area contributed by atoms with E-state index in [1.54, 1.807) is 0 Å². The van der Waals surface area contributed by atoms with Crippen LogP contribution in [0.2, 0.25) is 15.2 Å². The summed E-state index contributed by atoms with van der Waals surface area (Å²) in [5, 5.41) is 3.00. The summed E-state index contributed by atoms with van der Waals surface area (Å²) in [6.45, 7) is 4.55. The lowest BCUT2D eigenvalue weighted by molar-refractivity contribution is -0.120. The molecular formula is C21H25Cl3N2O3. The lowest BCUT2D eigenvalue weighted by atomic mass is 9.98. The van der Waals surface area contributed by atoms with Gasteiger partial charge in [0.1, 0.15) is 29.0 Å². The van der Waals surface area contributed by atoms with Crippen molar-refractivity contribution in [2.45, 2.75) is 39.5 Å². The number of halogens is 3. The summed E-state index contributed by atoms with van der Waals surface area (Å²) < 4.78 is 11.2. The van der Waals surface area contributed by atoms with Crippen LogP contribution in [0.4, 0.5) is 5.69 Å². The van der Waals surface area contributed by atoms with Crippen molar-refractivity contribution >= 4 is 46.4 Å². The van der Waals surface area contributed by atoms with E-state index in [0.717, 1.165) is 31.4 Å². The minimum Gasteiger partial charge on any atom is -0.490 e. The van der Waals surface area contributed by atoms with Crippen LogP contribution < -0.4 is 14.8 Å². The van der Waals surface area contributed by atoms with Crippen molar-refractivity contribution in [3.05, 3.63) is 45.5 Å². The Morgan fingerprint density at radius 2 is 1.76 bits per heavy atom. The zero-order chi connectivity index (χ0) is 21.2. The number of pyridine rings is 1. The van der Waals surface area contributed by atoms with Crippen LogP contribution >= 0.6 is 34.8 Å². The number of unbranched alkanes of at least 4 members (excludes halogenated alkanes) is 1. The first-order valence-electron chi connectivity index (χ1n) is 9.63. The Labute approximate surface area is 186 Å². The molecule has 1 unspecified atom stereocenters. The van der Waals surface area contributed by atoms with Crippen LogP contribution in [-0.2, 0) is 4.79 Å². The molecule has 5 nitrogen and oxygen atoms in total. The van der Waals surface area contributed by atoms with E-state index in [9.17, 15) is 4.79 Å². The number of aromatic nitrogens is 1. The summed E-state index contributed by atoms with van der Waals surface area (Å²) in [7, 11) is 0. The number of hydrogen-bond donors (Lipinski definition) is 1. The molecule has 1 amide bonds. The molecule has 2 rings (SSSR count). The van der Waals surface area contributed by atoms with E-state index in [4.69, 9.17) is 44.3 Å². The van der Waals surface area contributed by atoms with Gasteiger partial charge < -0.3 is 14.8 Å². The van der Waals surface area contributed by atoms with Crippen LogP contribution in [0.25, 0.3) is 0 Å². The summed E-state index contributed by atoms with van der Waals surface area (Å²) in [5.74, 6) is 0.549. The van der Waals surface area contributed by atoms with Crippen molar-refractivity contribution in [2.24, 2.45) is 5.92 Å². The largest absolute Gasteiger partial charge is 0.490 e. The molecule has 0 radical (unpaired) electrons. The van der Waals surface area contributed by atoms with Gasteiger partial charge in [-0.1, -0.05) is 79.7 Å². The predicted octanol–water partition coefficient (Wildman–Crippen LogP) is 6.65. The molecule has 0 saturated heterocycles. The zero-order valence-electron chi connectivity index (χ0n) is 16.5. The lowest BCUT2D eigenvalue weighted by Gasteiger charge is -2.18. The second-order valence-electron chi connectivity index (χ2n) is 6.46. The number of para-hydroxylation sites is 1. The molecule has 0 aliphatic carbocycles. The molecule has 1 heterocycles. The molecule has 1 aromatic carbocycles. The quantitative estimate of drug-likeness (QED) is 0.302. The van der Waals surface area contributed by atoms with Crippen LogP contribution in [0.1, 0.15) is 39.5 Å². The Bertz CT molecular complexity index is 804. The highest BCUT2D eigenvalue weighted by atomic mass is 35.5. The van der Waals surface area contributed by atoms with E-state index < -0.39 is 0 Å². The fourth-order valence-electron chi connectivity index (χ4n) is 2.71. The van der Waals surface area contributed by atoms with E-state index in [-0.39, 0.29) is 45.2 Å². The summed E-state index contributed by atoms with van der Waals surface area (Å²) in [4.78, 5) is 16.7. The molecule has 0 spiro atoms. The van der Waals surface area contributed by atoms with Crippen molar-refractivity contribution in [1.29, 1.82) is 0 Å². The van der Waals surface area contributed by atoms with Gasteiger partial charge in [-0.25, -0.2) is 0 Å². The molecule has 0 saturated carbocycles. The van der Waals surface area contributed by atoms with Crippen molar-refractivity contribution in [1.82, 2.24) is 4.98 Å². The number of carbonyl (C=O) groups excluding carboxylic acids is 1. The summed E-state index contributed by atoms with van der Waals surface area (Å²) >= 11 is 18.7. The molecule has 0 aliphatic rings. The highest BCUT2D eigenvalue weighted by Crippen LogP contribution is 2.40. The average molecular weight is 460 g/mol. The summed E-state index contributed by atoms with van der Waals surface area (Å²) in [6, 6.07) is 9.37. The standard InChI is InChI=1S/C21H25Cl3N2O3/c1-3-5-9-14(4-2)20(27)25-18-16(22)19(24)26-21(17(18)23)29-13-12-28-15-10-7-6-8-11-15/h6-8,10-11,14H,3-5,9,12-13H2,1-2H3,(H,25,26,27). The van der Waals surface area contributed by atoms with Crippen molar-refractivity contribution in [3.63, 3.8) is 0 Å². The highest BCUT2D eigenvalue weighted by Gasteiger charge is 2.23. The number of ether oxygens (including phenoxy) is 2. The average Bonchev–Trinajstić information content (AvgIpc) is 2.73. The Balaban J connectivity index is 2.05. The second kappa shape index (κ2) is 12.1. The van der Waals surface area contributed by atoms with E-state index >= 15 is 0 Å². The fourth-order valence-corrected chi connectivity index (χ4v) is 3.35. The van der Waals surface area contributed by atoms with Gasteiger partial charge in [0.2, 0.25) is 11.8 Å². The van der Waals surface area contributed by atoms with Crippen molar-refractivity contribution < 1.29 is 14.3 Å². The van der Waals surface area contributed by atoms with Crippen molar-refractivity contribution in [2.75, 3.05) is 18.5 Å². The van der Waals surface area contributed by atoms with Gasteiger partial charge in [-0.2, -0.15) is 4.98 Å². The number of hydrogen-bond acceptors (Lipinski definition) is 4. The third-order valence-electron chi connectivity index (χ3n) is 4.36. The van der Waals surface area contributed by atoms with E-state index in [1.165, 1.54) is 0 Å². The van der Waals surface area contributed by atoms with Crippen LogP contribution in [0.5, 0.6) is 11.6 Å². The van der Waals surface area contributed by atoms with Crippen molar-refractivity contribution in [3.8, 4) is 11.6 Å². The molecule has 158 valence electrons. The minimum absolute atomic E-state index is 0.00644. The number of nitrogens with one attached hydrogen (secondary N) is 1. The summed E-state index contributed by atoms with van der Waals surface area (Å²) in [6.07, 6.45) is 3.52. The second-order valence-corrected chi connectivity index (χ2v) is 7.57. The zero-order valence-corrected chi connectivity index (χ0v) is 18.8. The monoisotopic (exact) mass is 458 g/mol. The number of carbonyl (C=O) groups is 1. The van der Waals surface area contributed by atoms with E-state index in [0.29, 0.717) is 6.61 Å². The molecule has 1 aromatic heterocycles. The SMILES string of the molecule is CCCCC(CC)C(=O)Nc1c(Cl)c(Cl)nc(OCCOc2ccccc2)c1Cl. The predicted molar refractivity (Wildman–Crippen MR) is 119 cm³/mol. The number of anilines is 1. The van der Waals surface area contributed by atoms with E-state index in [1.807, 2.05) is 37.3 Å². The maximum Gasteiger partial charge on any atom is 0.236 e. The van der Waals surface area contributed by atoms with Gasteiger partial charge in [-0.05, 0) is 25.0 Å². The van der Waals surface area contributed by atoms with Gasteiger partial charge in [0.15, 0.2) is 5.15 Å². The van der Waals surface area contributed by atoms with Crippen LogP contribution in [-0.4, -0.2) is 24.1 Å². The first-order valence-corrected chi connectivity index (χ1v) is 10.8. The van der Waals surface area contributed by atoms with Gasteiger partial charge in [0, 0.05) is 5.92 Å². The number of nitrogens with zero attached hydrogens (tertiary/aromatic N) is 1. The number of benzene rings is 1. The van der Waals surface area contributed by atoms with Crippen LogP contribution in [0, 0.1) is 5.92 Å². The number of amides is 1. The van der Waals surface area contributed by atoms with Crippen LogP contribution in [0.3, 0.4) is 0 Å². The summed E-state index contributed by atoms with van der Waals surface area (Å²) in [5.41, 5.74) is 0.215. The molecule has 8 heteroatoms. The Kier molecular flexibility index (Phi) is 9.85. The molecule has 2 aromatic rings. The number of rotatable bonds is 11. The van der Waals surface area contributed by atoms with Gasteiger partial charge >= 0.3 is 0 Å². The third-order valence-corrected chi connectivity index (χ3v) is 5.45. The smallest absolute Gasteiger partial charge is 0.236 e. The maximum atomic E-state index is 12.6. The topological polar surface area (TPSA) is 60.5 Å². The first-order chi connectivity index (χ1) is 14.0. The van der Waals surface area contributed by atoms with Gasteiger partial charge in [-0.3, -0.25) is 4.79 Å². The Morgan fingerprint density at radius 1 is 1.07 bits per heavy atom. The fraction of sp³-hybridized carbons (Fsp3) is 0.429. The lowest BCUT2D eigenvalue weighted by Crippen LogP contribution is -2.23. The van der Waals surface area contributed by atoms with Gasteiger partial charge in [0.25, 0.3) is 0 Å². The molecule has 29 heavy (non-hydrogen) atoms. The van der Waals surface area contributed by atoms with Gasteiger partial charge in [0.05, 0.1) is 5.69 Å². The minimum atomic E-state index is -0.148. The van der Waals surface area contributed by atoms with Crippen LogP contribution in [0.15, 0.2) is 30.3 Å². The normalized spacial score (nSPS) is 11.8. The molecule has 1 N–H and O–H groups in total. The van der Waals surface area contributed by atoms with Gasteiger partial charge in [-0.15, -0.1) is 0 Å². The molecule has 0 bridgehead atoms. The highest BCUT2D eigenvalue weighted by molar-refractivity contribution is 6.46. The Hall–Kier alpha value is -1.69. The van der Waals surface area contributed by atoms with E-state index in [2.05, 4.69) is 17.2 Å². The third kappa shape index (κ3) is 6.95. The first kappa shape index (κ1) is 23.6. The molecular weight excluding hydrogens is 435 g/mol. The molecule has 0 fully saturated rings. The molecule has 1 atom stereocenters. The maximum absolute atomic E-state index is 12.6. The Morgan fingerprint density at radius 3 is 2.41 bits per heavy atom. The molecule has 0 aliphatic heterocycles.